The number of aromatic amines is 1. The van der Waals surface area contributed by atoms with Gasteiger partial charge in [0, 0.05) is 25.9 Å². The Balaban J connectivity index is 0.000000861. The van der Waals surface area contributed by atoms with Crippen LogP contribution in [-0.2, 0) is 14.3 Å². The van der Waals surface area contributed by atoms with Crippen LogP contribution in [0.4, 0.5) is 0 Å². The number of amides is 1. The number of rotatable bonds is 7. The second-order valence-electron chi connectivity index (χ2n) is 6.62. The van der Waals surface area contributed by atoms with E-state index in [0.29, 0.717) is 11.3 Å². The van der Waals surface area contributed by atoms with Gasteiger partial charge in [0.05, 0.1) is 17.9 Å². The molecule has 1 aromatic carbocycles. The van der Waals surface area contributed by atoms with Gasteiger partial charge >= 0.3 is 11.9 Å². The minimum absolute atomic E-state index is 0.147. The van der Waals surface area contributed by atoms with Gasteiger partial charge < -0.3 is 29.6 Å². The molecule has 0 fully saturated rings. The summed E-state index contributed by atoms with van der Waals surface area (Å²) in [5.74, 6) is -2.66. The second-order valence-corrected chi connectivity index (χ2v) is 6.62. The van der Waals surface area contributed by atoms with Crippen LogP contribution in [0.15, 0.2) is 18.2 Å². The Morgan fingerprint density at radius 2 is 1.71 bits per heavy atom. The number of hydrogen-bond donors (Lipinski definition) is 3. The van der Waals surface area contributed by atoms with E-state index >= 15 is 0 Å². The third-order valence-electron chi connectivity index (χ3n) is 3.94. The van der Waals surface area contributed by atoms with Gasteiger partial charge in [-0.2, -0.15) is 0 Å². The van der Waals surface area contributed by atoms with E-state index in [1.165, 1.54) is 17.0 Å². The number of aryl methyl sites for hydroxylation is 1. The number of H-pyrrole nitrogens is 1. The summed E-state index contributed by atoms with van der Waals surface area (Å²) in [4.78, 5) is 49.9. The molecule has 1 heterocycles. The first-order valence-corrected chi connectivity index (χ1v) is 9.23. The number of benzene rings is 1. The summed E-state index contributed by atoms with van der Waals surface area (Å²) >= 11 is 0. The van der Waals surface area contributed by atoms with Crippen LogP contribution in [-0.4, -0.2) is 71.5 Å². The molecule has 31 heavy (non-hydrogen) atoms. The van der Waals surface area contributed by atoms with Crippen LogP contribution < -0.4 is 0 Å². The van der Waals surface area contributed by atoms with E-state index in [1.54, 1.807) is 34.9 Å². The first kappa shape index (κ1) is 25.2. The summed E-state index contributed by atoms with van der Waals surface area (Å²) in [7, 11) is 3.38. The zero-order chi connectivity index (χ0) is 23.7. The Bertz CT molecular complexity index is 963. The van der Waals surface area contributed by atoms with Crippen molar-refractivity contribution in [3.8, 4) is 11.5 Å². The molecule has 0 atom stereocenters. The molecule has 1 amide bonds. The number of ether oxygens (including phenoxy) is 2. The molecular weight excluding hydrogens is 408 g/mol. The Morgan fingerprint density at radius 3 is 2.23 bits per heavy atom. The highest BCUT2D eigenvalue weighted by atomic mass is 16.5. The molecule has 2 aromatic rings. The Morgan fingerprint density at radius 1 is 1.10 bits per heavy atom. The van der Waals surface area contributed by atoms with Crippen LogP contribution in [0.2, 0.25) is 0 Å². The quantitative estimate of drug-likeness (QED) is 0.340. The Hall–Kier alpha value is -3.82. The van der Waals surface area contributed by atoms with Gasteiger partial charge in [0.1, 0.15) is 17.1 Å². The number of phenols is 2. The predicted octanol–water partition coefficient (Wildman–Crippen LogP) is 1.96. The molecule has 0 saturated carbocycles. The predicted molar refractivity (Wildman–Crippen MR) is 110 cm³/mol. The van der Waals surface area contributed by atoms with E-state index in [0.717, 1.165) is 12.5 Å². The molecule has 168 valence electrons. The molecule has 10 nitrogen and oxygen atoms in total. The first-order valence-electron chi connectivity index (χ1n) is 9.23. The van der Waals surface area contributed by atoms with Gasteiger partial charge in [-0.1, -0.05) is 0 Å². The molecule has 0 radical (unpaired) electrons. The van der Waals surface area contributed by atoms with E-state index in [9.17, 15) is 29.4 Å². The fourth-order valence-electron chi connectivity index (χ4n) is 2.51. The molecule has 0 saturated heterocycles. The molecule has 0 unspecified atom stereocenters. The highest BCUT2D eigenvalue weighted by Gasteiger charge is 2.24. The molecule has 1 aromatic heterocycles. The van der Waals surface area contributed by atoms with Crippen molar-refractivity contribution in [2.45, 2.75) is 20.8 Å². The van der Waals surface area contributed by atoms with E-state index in [4.69, 9.17) is 9.47 Å². The summed E-state index contributed by atoms with van der Waals surface area (Å²) in [6, 6.07) is 3.38. The number of nitrogens with one attached hydrogen (secondary N) is 1. The lowest BCUT2D eigenvalue weighted by atomic mass is 10.1. The maximum atomic E-state index is 12.3. The second kappa shape index (κ2) is 11.4. The van der Waals surface area contributed by atoms with Crippen molar-refractivity contribution in [1.29, 1.82) is 0 Å². The maximum absolute atomic E-state index is 12.3. The average molecular weight is 434 g/mol. The number of aromatic nitrogens is 1. The van der Waals surface area contributed by atoms with Crippen LogP contribution in [0.3, 0.4) is 0 Å². The number of nitrogens with zero attached hydrogens (tertiary/aromatic N) is 1. The molecule has 0 bridgehead atoms. The minimum atomic E-state index is -0.914. The zero-order valence-corrected chi connectivity index (χ0v) is 18.0. The summed E-state index contributed by atoms with van der Waals surface area (Å²) in [5.41, 5.74) is 1.13. The van der Waals surface area contributed by atoms with Gasteiger partial charge in [0.2, 0.25) is 12.2 Å². The topological polar surface area (TPSA) is 146 Å². The molecule has 3 N–H and O–H groups in total. The monoisotopic (exact) mass is 434 g/mol. The average Bonchev–Trinajstić information content (AvgIpc) is 3.00. The summed E-state index contributed by atoms with van der Waals surface area (Å²) < 4.78 is 9.87. The zero-order valence-electron chi connectivity index (χ0n) is 18.0. The lowest BCUT2D eigenvalue weighted by Crippen LogP contribution is -2.15. The fourth-order valence-corrected chi connectivity index (χ4v) is 2.51. The van der Waals surface area contributed by atoms with Crippen LogP contribution in [0.1, 0.15) is 49.4 Å². The van der Waals surface area contributed by atoms with Gasteiger partial charge in [0.15, 0.2) is 6.61 Å². The molecule has 2 rings (SSSR count). The maximum Gasteiger partial charge on any atom is 0.342 e. The molecule has 0 aliphatic heterocycles. The first-order chi connectivity index (χ1) is 14.5. The van der Waals surface area contributed by atoms with Crippen LogP contribution in [0.5, 0.6) is 11.5 Å². The van der Waals surface area contributed by atoms with Crippen LogP contribution in [0, 0.1) is 13.8 Å². The van der Waals surface area contributed by atoms with Gasteiger partial charge in [-0.05, 0) is 38.5 Å². The number of hydrogen-bond acceptors (Lipinski definition) is 8. The molecule has 0 aliphatic carbocycles. The third-order valence-corrected chi connectivity index (χ3v) is 3.94. The van der Waals surface area contributed by atoms with Crippen molar-refractivity contribution in [3.05, 3.63) is 46.3 Å². The summed E-state index contributed by atoms with van der Waals surface area (Å²) in [6.07, 6.45) is 0.750. The SMILES string of the molecule is CCOC(=O)c1c(C)[nH]c(C(=O)COC(=O)c2ccc(O)cc2O)c1C.CN(C)C=O. The lowest BCUT2D eigenvalue weighted by Gasteiger charge is -2.06. The van der Waals surface area contributed by atoms with Gasteiger partial charge in [-0.15, -0.1) is 0 Å². The Labute approximate surface area is 179 Å². The van der Waals surface area contributed by atoms with Crippen molar-refractivity contribution in [1.82, 2.24) is 9.88 Å². The number of aromatic hydroxyl groups is 2. The van der Waals surface area contributed by atoms with Crippen molar-refractivity contribution in [2.75, 3.05) is 27.3 Å². The van der Waals surface area contributed by atoms with Crippen LogP contribution in [0.25, 0.3) is 0 Å². The highest BCUT2D eigenvalue weighted by Crippen LogP contribution is 2.24. The largest absolute Gasteiger partial charge is 0.508 e. The number of ketones is 1. The summed E-state index contributed by atoms with van der Waals surface area (Å²) in [5, 5.41) is 18.9. The number of carbonyl (C=O) groups is 4. The fraction of sp³-hybridized carbons (Fsp3) is 0.333. The Kier molecular flexibility index (Phi) is 9.26. The van der Waals surface area contributed by atoms with E-state index < -0.39 is 30.1 Å². The molecule has 10 heteroatoms. The minimum Gasteiger partial charge on any atom is -0.508 e. The smallest absolute Gasteiger partial charge is 0.342 e. The van der Waals surface area contributed by atoms with Gasteiger partial charge in [-0.3, -0.25) is 9.59 Å². The normalized spacial score (nSPS) is 9.84. The standard InChI is InChI=1S/C18H19NO7.C3H7NO/c1-4-25-18(24)15-9(2)16(19-10(15)3)14(22)8-26-17(23)12-6-5-11(20)7-13(12)21;1-4(2)3-5/h5-7,19-21H,4,8H2,1-3H3;3H,1-2H3. The molecule has 0 spiro atoms. The van der Waals surface area contributed by atoms with Gasteiger partial charge in [-0.25, -0.2) is 9.59 Å². The number of esters is 2. The van der Waals surface area contributed by atoms with Crippen molar-refractivity contribution in [2.24, 2.45) is 0 Å². The van der Waals surface area contributed by atoms with Crippen molar-refractivity contribution in [3.63, 3.8) is 0 Å². The highest BCUT2D eigenvalue weighted by molar-refractivity contribution is 6.03. The van der Waals surface area contributed by atoms with E-state index in [1.807, 2.05) is 0 Å². The molecular formula is C21H26N2O8. The molecule has 0 aliphatic rings. The number of carbonyl (C=O) groups excluding carboxylic acids is 4. The van der Waals surface area contributed by atoms with Crippen molar-refractivity contribution < 1.29 is 38.9 Å². The number of Topliss-reactive ketones (excluding diaryl/α,β-unsaturated/α-hetero) is 1. The van der Waals surface area contributed by atoms with E-state index in [2.05, 4.69) is 4.98 Å². The van der Waals surface area contributed by atoms with Crippen LogP contribution >= 0.6 is 0 Å². The summed E-state index contributed by atoms with van der Waals surface area (Å²) in [6.45, 7) is 4.54. The lowest BCUT2D eigenvalue weighted by molar-refractivity contribution is -0.115. The third kappa shape index (κ3) is 6.88. The number of phenolic OH excluding ortho intramolecular Hbond substituents is 2. The van der Waals surface area contributed by atoms with Crippen molar-refractivity contribution >= 4 is 24.1 Å². The van der Waals surface area contributed by atoms with E-state index in [-0.39, 0.29) is 29.2 Å². The van der Waals surface area contributed by atoms with Gasteiger partial charge in [0.25, 0.3) is 0 Å².